The summed E-state index contributed by atoms with van der Waals surface area (Å²) < 4.78 is 9.46. The second kappa shape index (κ2) is 5.85. The molecule has 0 saturated carbocycles. The van der Waals surface area contributed by atoms with Crippen LogP contribution in [0.4, 0.5) is 0 Å². The van der Waals surface area contributed by atoms with E-state index in [-0.39, 0.29) is 6.42 Å². The molecule has 0 bridgehead atoms. The molecule has 1 heterocycles. The Hall–Kier alpha value is -1.91. The lowest BCUT2D eigenvalue weighted by molar-refractivity contribution is -0.146. The van der Waals surface area contributed by atoms with Crippen LogP contribution in [0.25, 0.3) is 0 Å². The van der Waals surface area contributed by atoms with Gasteiger partial charge in [0.2, 0.25) is 5.88 Å². The third kappa shape index (κ3) is 3.05. The first-order valence-corrected chi connectivity index (χ1v) is 4.73. The van der Waals surface area contributed by atoms with Gasteiger partial charge in [0.05, 0.1) is 14.2 Å². The number of hydrogen-bond acceptors (Lipinski definition) is 5. The fourth-order valence-electron chi connectivity index (χ4n) is 1.28. The average molecular weight is 223 g/mol. The maximum Gasteiger partial charge on any atom is 0.316 e. The average Bonchev–Trinajstić information content (AvgIpc) is 2.35. The Kier molecular flexibility index (Phi) is 4.44. The molecule has 1 aromatic heterocycles. The van der Waals surface area contributed by atoms with Gasteiger partial charge in [-0.05, 0) is 18.1 Å². The van der Waals surface area contributed by atoms with Gasteiger partial charge in [0, 0.05) is 12.3 Å². The molecule has 1 unspecified atom stereocenters. The highest BCUT2D eigenvalue weighted by molar-refractivity contribution is 5.87. The first-order valence-electron chi connectivity index (χ1n) is 4.73. The molecule has 1 aromatic rings. The summed E-state index contributed by atoms with van der Waals surface area (Å²) in [5.74, 6) is -0.866. The van der Waals surface area contributed by atoms with Crippen LogP contribution in [0.3, 0.4) is 0 Å². The highest BCUT2D eigenvalue weighted by Gasteiger charge is 2.18. The zero-order valence-electron chi connectivity index (χ0n) is 9.17. The van der Waals surface area contributed by atoms with Crippen LogP contribution in [0.5, 0.6) is 5.88 Å². The summed E-state index contributed by atoms with van der Waals surface area (Å²) in [5, 5.41) is 0. The summed E-state index contributed by atoms with van der Waals surface area (Å²) in [6, 6.07) is 3.40. The fraction of sp³-hybridized carbons (Fsp3) is 0.364. The highest BCUT2D eigenvalue weighted by atomic mass is 16.5. The third-order valence-corrected chi connectivity index (χ3v) is 2.13. The lowest BCUT2D eigenvalue weighted by atomic mass is 10.0. The molecular weight excluding hydrogens is 210 g/mol. The van der Waals surface area contributed by atoms with Crippen molar-refractivity contribution in [3.05, 3.63) is 23.9 Å². The van der Waals surface area contributed by atoms with Gasteiger partial charge in [-0.2, -0.15) is 0 Å². The summed E-state index contributed by atoms with van der Waals surface area (Å²) in [4.78, 5) is 25.8. The van der Waals surface area contributed by atoms with Crippen molar-refractivity contribution in [1.82, 2.24) is 4.98 Å². The number of aldehydes is 1. The van der Waals surface area contributed by atoms with E-state index in [1.54, 1.807) is 18.3 Å². The zero-order chi connectivity index (χ0) is 12.0. The summed E-state index contributed by atoms with van der Waals surface area (Å²) in [6.45, 7) is 0. The maximum atomic E-state index is 11.2. The molecule has 1 rings (SSSR count). The Morgan fingerprint density at radius 1 is 1.56 bits per heavy atom. The highest BCUT2D eigenvalue weighted by Crippen LogP contribution is 2.13. The summed E-state index contributed by atoms with van der Waals surface area (Å²) >= 11 is 0. The summed E-state index contributed by atoms with van der Waals surface area (Å²) in [7, 11) is 2.76. The number of ether oxygens (including phenoxy) is 2. The minimum Gasteiger partial charge on any atom is -0.481 e. The topological polar surface area (TPSA) is 65.5 Å². The number of hydrogen-bond donors (Lipinski definition) is 0. The number of rotatable bonds is 5. The first-order chi connectivity index (χ1) is 7.71. The van der Waals surface area contributed by atoms with E-state index < -0.39 is 11.9 Å². The fourth-order valence-corrected chi connectivity index (χ4v) is 1.28. The smallest absolute Gasteiger partial charge is 0.316 e. The number of carbonyl (C=O) groups is 2. The van der Waals surface area contributed by atoms with Crippen LogP contribution in [0.15, 0.2) is 18.3 Å². The SMILES string of the molecule is COC(=O)C(C=O)Cc1ccnc(OC)c1. The minimum absolute atomic E-state index is 0.287. The molecule has 0 radical (unpaired) electrons. The largest absolute Gasteiger partial charge is 0.481 e. The molecule has 0 amide bonds. The van der Waals surface area contributed by atoms with Crippen molar-refractivity contribution >= 4 is 12.3 Å². The monoisotopic (exact) mass is 223 g/mol. The van der Waals surface area contributed by atoms with Gasteiger partial charge >= 0.3 is 5.97 Å². The Morgan fingerprint density at radius 2 is 2.31 bits per heavy atom. The third-order valence-electron chi connectivity index (χ3n) is 2.13. The van der Waals surface area contributed by atoms with Gasteiger partial charge in [0.25, 0.3) is 0 Å². The van der Waals surface area contributed by atoms with Crippen molar-refractivity contribution in [3.8, 4) is 5.88 Å². The molecule has 0 aliphatic rings. The Morgan fingerprint density at radius 3 is 2.88 bits per heavy atom. The van der Waals surface area contributed by atoms with E-state index in [9.17, 15) is 9.59 Å². The molecule has 0 spiro atoms. The molecule has 0 N–H and O–H groups in total. The van der Waals surface area contributed by atoms with Crippen LogP contribution in [-0.2, 0) is 20.7 Å². The van der Waals surface area contributed by atoms with Crippen molar-refractivity contribution in [1.29, 1.82) is 0 Å². The van der Waals surface area contributed by atoms with Gasteiger partial charge < -0.3 is 14.3 Å². The predicted octanol–water partition coefficient (Wildman–Crippen LogP) is 0.621. The number of methoxy groups -OCH3 is 2. The molecule has 86 valence electrons. The zero-order valence-corrected chi connectivity index (χ0v) is 9.17. The van der Waals surface area contributed by atoms with E-state index in [4.69, 9.17) is 4.74 Å². The number of aromatic nitrogens is 1. The van der Waals surface area contributed by atoms with Crippen LogP contribution >= 0.6 is 0 Å². The van der Waals surface area contributed by atoms with Gasteiger partial charge in [-0.15, -0.1) is 0 Å². The van der Waals surface area contributed by atoms with Gasteiger partial charge in [-0.3, -0.25) is 4.79 Å². The van der Waals surface area contributed by atoms with E-state index >= 15 is 0 Å². The molecule has 1 atom stereocenters. The van der Waals surface area contributed by atoms with E-state index in [1.165, 1.54) is 14.2 Å². The molecule has 0 aliphatic heterocycles. The van der Waals surface area contributed by atoms with Crippen LogP contribution in [0.2, 0.25) is 0 Å². The molecule has 0 saturated heterocycles. The van der Waals surface area contributed by atoms with Gasteiger partial charge in [0.15, 0.2) is 0 Å². The Labute approximate surface area is 93.4 Å². The molecule has 0 fully saturated rings. The first kappa shape index (κ1) is 12.2. The van der Waals surface area contributed by atoms with Crippen molar-refractivity contribution in [2.75, 3.05) is 14.2 Å². The van der Waals surface area contributed by atoms with Crippen LogP contribution in [0, 0.1) is 5.92 Å². The second-order valence-electron chi connectivity index (χ2n) is 3.18. The van der Waals surface area contributed by atoms with Crippen molar-refractivity contribution in [2.45, 2.75) is 6.42 Å². The summed E-state index contributed by atoms with van der Waals surface area (Å²) in [5.41, 5.74) is 0.800. The van der Waals surface area contributed by atoms with E-state index in [2.05, 4.69) is 9.72 Å². The Bertz CT molecular complexity index is 378. The molecule has 0 aliphatic carbocycles. The molecular formula is C11H13NO4. The van der Waals surface area contributed by atoms with Crippen molar-refractivity contribution in [3.63, 3.8) is 0 Å². The molecule has 5 heteroatoms. The van der Waals surface area contributed by atoms with Gasteiger partial charge in [-0.25, -0.2) is 4.98 Å². The normalized spacial score (nSPS) is 11.6. The minimum atomic E-state index is -0.780. The number of nitrogens with zero attached hydrogens (tertiary/aromatic N) is 1. The van der Waals surface area contributed by atoms with Crippen LogP contribution in [0.1, 0.15) is 5.56 Å². The maximum absolute atomic E-state index is 11.2. The predicted molar refractivity (Wildman–Crippen MR) is 56.1 cm³/mol. The van der Waals surface area contributed by atoms with Crippen molar-refractivity contribution in [2.24, 2.45) is 5.92 Å². The van der Waals surface area contributed by atoms with Crippen molar-refractivity contribution < 1.29 is 19.1 Å². The lowest BCUT2D eigenvalue weighted by Gasteiger charge is -2.08. The van der Waals surface area contributed by atoms with E-state index in [0.29, 0.717) is 12.2 Å². The molecule has 0 aromatic carbocycles. The lowest BCUT2D eigenvalue weighted by Crippen LogP contribution is -2.20. The standard InChI is InChI=1S/C11H13NO4/c1-15-10-6-8(3-4-12-10)5-9(7-13)11(14)16-2/h3-4,6-7,9H,5H2,1-2H3. The molecule has 5 nitrogen and oxygen atoms in total. The van der Waals surface area contributed by atoms with Gasteiger partial charge in [-0.1, -0.05) is 0 Å². The number of carbonyl (C=O) groups excluding carboxylic acids is 2. The second-order valence-corrected chi connectivity index (χ2v) is 3.18. The number of pyridine rings is 1. The quantitative estimate of drug-likeness (QED) is 0.416. The number of esters is 1. The van der Waals surface area contributed by atoms with E-state index in [1.807, 2.05) is 0 Å². The van der Waals surface area contributed by atoms with E-state index in [0.717, 1.165) is 5.56 Å². The molecule has 16 heavy (non-hydrogen) atoms. The van der Waals surface area contributed by atoms with Crippen LogP contribution < -0.4 is 4.74 Å². The summed E-state index contributed by atoms with van der Waals surface area (Å²) in [6.07, 6.45) is 2.43. The van der Waals surface area contributed by atoms with Gasteiger partial charge in [0.1, 0.15) is 12.2 Å². The van der Waals surface area contributed by atoms with Crippen LogP contribution in [-0.4, -0.2) is 31.5 Å². The Balaban J connectivity index is 2.77.